The molecule has 6 nitrogen and oxygen atoms in total. The van der Waals surface area contributed by atoms with E-state index in [0.29, 0.717) is 5.56 Å². The Morgan fingerprint density at radius 3 is 2.17 bits per heavy atom. The van der Waals surface area contributed by atoms with Crippen LogP contribution in [-0.2, 0) is 19.6 Å². The molecule has 0 aromatic heterocycles. The molecule has 24 heavy (non-hydrogen) atoms. The van der Waals surface area contributed by atoms with Crippen molar-refractivity contribution in [2.45, 2.75) is 24.0 Å². The Bertz CT molecular complexity index is 762. The fourth-order valence-corrected chi connectivity index (χ4v) is 3.36. The zero-order chi connectivity index (χ0) is 17.6. The minimum Gasteiger partial charge on any atom is -0.465 e. The van der Waals surface area contributed by atoms with Gasteiger partial charge in [0.05, 0.1) is 11.5 Å². The highest BCUT2D eigenvalue weighted by Crippen LogP contribution is 2.20. The molecule has 0 aliphatic carbocycles. The Balaban J connectivity index is 2.32. The molecule has 0 saturated carbocycles. The van der Waals surface area contributed by atoms with Crippen LogP contribution in [-0.4, -0.2) is 32.1 Å². The van der Waals surface area contributed by atoms with Crippen LogP contribution in [0.1, 0.15) is 18.6 Å². The summed E-state index contributed by atoms with van der Waals surface area (Å²) >= 11 is 0. The monoisotopic (exact) mass is 349 g/mol. The highest BCUT2D eigenvalue weighted by atomic mass is 32.2. The molecule has 0 spiro atoms. The Hall–Kier alpha value is -2.22. The second kappa shape index (κ2) is 8.05. The molecule has 2 aromatic carbocycles. The summed E-state index contributed by atoms with van der Waals surface area (Å²) in [6, 6.07) is 14.5. The largest absolute Gasteiger partial charge is 0.465 e. The first kappa shape index (κ1) is 18.1. The fraction of sp³-hybridized carbons (Fsp3) is 0.235. The number of carbonyl (C=O) groups is 1. The van der Waals surface area contributed by atoms with Crippen LogP contribution in [0.4, 0.5) is 0 Å². The summed E-state index contributed by atoms with van der Waals surface area (Å²) in [5, 5.41) is 10.5. The maximum Gasteiger partial charge on any atom is 0.327 e. The zero-order valence-electron chi connectivity index (χ0n) is 13.1. The summed E-state index contributed by atoms with van der Waals surface area (Å²) in [6.07, 6.45) is -1.37. The molecular weight excluding hydrogens is 330 g/mol. The lowest BCUT2D eigenvalue weighted by molar-refractivity contribution is -0.148. The molecule has 0 amide bonds. The molecule has 0 saturated heterocycles. The maximum atomic E-state index is 12.5. The van der Waals surface area contributed by atoms with Gasteiger partial charge in [0.25, 0.3) is 0 Å². The lowest BCUT2D eigenvalue weighted by atomic mass is 10.0. The molecule has 0 unspecified atom stereocenters. The Morgan fingerprint density at radius 1 is 1.08 bits per heavy atom. The summed E-state index contributed by atoms with van der Waals surface area (Å²) in [7, 11) is -3.99. The molecule has 0 bridgehead atoms. The second-order valence-corrected chi connectivity index (χ2v) is 6.73. The Morgan fingerprint density at radius 2 is 1.62 bits per heavy atom. The number of hydrogen-bond donors (Lipinski definition) is 2. The van der Waals surface area contributed by atoms with E-state index in [2.05, 4.69) is 4.72 Å². The first-order valence-electron chi connectivity index (χ1n) is 7.42. The maximum absolute atomic E-state index is 12.5. The molecule has 2 atom stereocenters. The number of nitrogens with one attached hydrogen (secondary N) is 1. The van der Waals surface area contributed by atoms with Gasteiger partial charge in [0.1, 0.15) is 12.1 Å². The molecule has 2 rings (SSSR count). The molecule has 0 aliphatic rings. The van der Waals surface area contributed by atoms with E-state index in [4.69, 9.17) is 4.74 Å². The first-order chi connectivity index (χ1) is 11.5. The van der Waals surface area contributed by atoms with Gasteiger partial charge in [0, 0.05) is 0 Å². The van der Waals surface area contributed by atoms with Crippen molar-refractivity contribution in [3.8, 4) is 0 Å². The average Bonchev–Trinajstić information content (AvgIpc) is 2.61. The summed E-state index contributed by atoms with van der Waals surface area (Å²) in [5.41, 5.74) is 0.409. The zero-order valence-corrected chi connectivity index (χ0v) is 13.9. The van der Waals surface area contributed by atoms with Gasteiger partial charge in [-0.1, -0.05) is 48.5 Å². The van der Waals surface area contributed by atoms with Gasteiger partial charge in [-0.2, -0.15) is 4.72 Å². The van der Waals surface area contributed by atoms with E-state index < -0.39 is 28.1 Å². The fourth-order valence-electron chi connectivity index (χ4n) is 2.15. The van der Waals surface area contributed by atoms with Crippen LogP contribution in [0.3, 0.4) is 0 Å². The van der Waals surface area contributed by atoms with Crippen LogP contribution >= 0.6 is 0 Å². The highest BCUT2D eigenvalue weighted by Gasteiger charge is 2.33. The van der Waals surface area contributed by atoms with Crippen LogP contribution in [0, 0.1) is 0 Å². The Labute approximate surface area is 141 Å². The van der Waals surface area contributed by atoms with E-state index in [1.165, 1.54) is 12.1 Å². The van der Waals surface area contributed by atoms with E-state index in [0.717, 1.165) is 0 Å². The molecule has 128 valence electrons. The van der Waals surface area contributed by atoms with Crippen molar-refractivity contribution in [3.63, 3.8) is 0 Å². The molecule has 2 N–H and O–H groups in total. The molecule has 2 aromatic rings. The van der Waals surface area contributed by atoms with Crippen LogP contribution in [0.15, 0.2) is 65.6 Å². The van der Waals surface area contributed by atoms with Crippen molar-refractivity contribution in [3.05, 3.63) is 66.2 Å². The van der Waals surface area contributed by atoms with Crippen molar-refractivity contribution >= 4 is 16.0 Å². The summed E-state index contributed by atoms with van der Waals surface area (Å²) < 4.78 is 32.1. The van der Waals surface area contributed by atoms with Gasteiger partial charge in [-0.25, -0.2) is 8.42 Å². The van der Waals surface area contributed by atoms with E-state index in [1.807, 2.05) is 0 Å². The summed E-state index contributed by atoms with van der Waals surface area (Å²) in [6.45, 7) is 1.68. The van der Waals surface area contributed by atoms with Crippen molar-refractivity contribution < 1.29 is 23.1 Å². The van der Waals surface area contributed by atoms with Crippen molar-refractivity contribution in [2.24, 2.45) is 0 Å². The van der Waals surface area contributed by atoms with Gasteiger partial charge < -0.3 is 9.84 Å². The highest BCUT2D eigenvalue weighted by molar-refractivity contribution is 7.89. The third kappa shape index (κ3) is 4.41. The van der Waals surface area contributed by atoms with Gasteiger partial charge >= 0.3 is 5.97 Å². The van der Waals surface area contributed by atoms with E-state index >= 15 is 0 Å². The molecule has 0 heterocycles. The third-order valence-corrected chi connectivity index (χ3v) is 4.79. The SMILES string of the molecule is CCOC(=O)[C@H](NS(=O)(=O)c1ccccc1)[C@H](O)c1ccccc1. The minimum atomic E-state index is -3.99. The number of hydrogen-bond acceptors (Lipinski definition) is 5. The van der Waals surface area contributed by atoms with Crippen molar-refractivity contribution in [1.29, 1.82) is 0 Å². The van der Waals surface area contributed by atoms with Crippen LogP contribution in [0.5, 0.6) is 0 Å². The van der Waals surface area contributed by atoms with Crippen LogP contribution in [0.2, 0.25) is 0 Å². The molecular formula is C17H19NO5S. The van der Waals surface area contributed by atoms with E-state index in [-0.39, 0.29) is 11.5 Å². The number of rotatable bonds is 7. The standard InChI is InChI=1S/C17H19NO5S/c1-2-23-17(20)15(16(19)13-9-5-3-6-10-13)18-24(21,22)14-11-7-4-8-12-14/h3-12,15-16,18-19H,2H2,1H3/t15-,16-/m1/s1. The first-order valence-corrected chi connectivity index (χ1v) is 8.91. The lowest BCUT2D eigenvalue weighted by Crippen LogP contribution is -2.45. The topological polar surface area (TPSA) is 92.7 Å². The second-order valence-electron chi connectivity index (χ2n) is 5.02. The minimum absolute atomic E-state index is 0.000407. The normalized spacial score (nSPS) is 13.9. The summed E-state index contributed by atoms with van der Waals surface area (Å²) in [4.78, 5) is 12.2. The van der Waals surface area contributed by atoms with Crippen molar-refractivity contribution in [2.75, 3.05) is 6.61 Å². The number of esters is 1. The molecule has 7 heteroatoms. The lowest BCUT2D eigenvalue weighted by Gasteiger charge is -2.22. The molecule has 0 aliphatic heterocycles. The van der Waals surface area contributed by atoms with Gasteiger partial charge in [-0.05, 0) is 24.6 Å². The number of carbonyl (C=O) groups excluding carboxylic acids is 1. The van der Waals surface area contributed by atoms with Crippen LogP contribution < -0.4 is 4.72 Å². The predicted molar refractivity (Wildman–Crippen MR) is 88.6 cm³/mol. The average molecular weight is 349 g/mol. The van der Waals surface area contributed by atoms with E-state index in [1.54, 1.807) is 55.5 Å². The van der Waals surface area contributed by atoms with Crippen molar-refractivity contribution in [1.82, 2.24) is 4.72 Å². The van der Waals surface area contributed by atoms with Gasteiger partial charge in [0.15, 0.2) is 0 Å². The van der Waals surface area contributed by atoms with Gasteiger partial charge in [0.2, 0.25) is 10.0 Å². The number of ether oxygens (including phenoxy) is 1. The number of benzene rings is 2. The van der Waals surface area contributed by atoms with Crippen LogP contribution in [0.25, 0.3) is 0 Å². The Kier molecular flexibility index (Phi) is 6.08. The number of aliphatic hydroxyl groups excluding tert-OH is 1. The van der Waals surface area contributed by atoms with Gasteiger partial charge in [-0.15, -0.1) is 0 Å². The molecule has 0 fully saturated rings. The number of aliphatic hydroxyl groups is 1. The van der Waals surface area contributed by atoms with Gasteiger partial charge in [-0.3, -0.25) is 4.79 Å². The quantitative estimate of drug-likeness (QED) is 0.741. The smallest absolute Gasteiger partial charge is 0.327 e. The predicted octanol–water partition coefficient (Wildman–Crippen LogP) is 1.63. The van der Waals surface area contributed by atoms with E-state index in [9.17, 15) is 18.3 Å². The third-order valence-electron chi connectivity index (χ3n) is 3.33. The summed E-state index contributed by atoms with van der Waals surface area (Å²) in [5.74, 6) is -0.839. The number of sulfonamides is 1. The molecule has 0 radical (unpaired) electrons.